The van der Waals surface area contributed by atoms with E-state index in [1.807, 2.05) is 6.07 Å². The summed E-state index contributed by atoms with van der Waals surface area (Å²) in [6.45, 7) is 1.57. The maximum absolute atomic E-state index is 13.3. The maximum atomic E-state index is 13.3. The van der Waals surface area contributed by atoms with E-state index >= 15 is 0 Å². The minimum absolute atomic E-state index is 0.000856. The summed E-state index contributed by atoms with van der Waals surface area (Å²) in [5.41, 5.74) is 0.730. The van der Waals surface area contributed by atoms with Gasteiger partial charge in [0.1, 0.15) is 5.82 Å². The summed E-state index contributed by atoms with van der Waals surface area (Å²) < 4.78 is 13.3. The molecule has 0 atom stereocenters. The van der Waals surface area contributed by atoms with Crippen LogP contribution in [0.15, 0.2) is 12.1 Å². The smallest absolute Gasteiger partial charge is 0.176 e. The summed E-state index contributed by atoms with van der Waals surface area (Å²) in [7, 11) is 0. The number of hydrogen-bond acceptors (Lipinski definition) is 2. The molecule has 0 fully saturated rings. The van der Waals surface area contributed by atoms with Crippen molar-refractivity contribution in [2.45, 2.75) is 6.92 Å². The zero-order valence-corrected chi connectivity index (χ0v) is 9.06. The van der Waals surface area contributed by atoms with Gasteiger partial charge in [-0.25, -0.2) is 4.39 Å². The van der Waals surface area contributed by atoms with E-state index in [4.69, 9.17) is 5.26 Å². The lowest BCUT2D eigenvalue weighted by Gasteiger charge is -2.05. The minimum atomic E-state index is -0.578. The van der Waals surface area contributed by atoms with Gasteiger partial charge in [-0.2, -0.15) is 5.26 Å². The molecule has 0 unspecified atom stereocenters. The quantitative estimate of drug-likeness (QED) is 0.602. The fourth-order valence-electron chi connectivity index (χ4n) is 1.21. The molecule has 1 aromatic carbocycles. The lowest BCUT2D eigenvalue weighted by atomic mass is 10.00. The molecule has 0 N–H and O–H groups in total. The highest BCUT2D eigenvalue weighted by Crippen LogP contribution is 2.18. The van der Waals surface area contributed by atoms with Crippen molar-refractivity contribution in [1.29, 1.82) is 5.26 Å². The number of nitrogens with zero attached hydrogens (tertiary/aromatic N) is 1. The summed E-state index contributed by atoms with van der Waals surface area (Å²) >= 11 is 2.97. The number of Topliss-reactive ketones (excluding diaryl/α,β-unsaturated/α-hetero) is 1. The summed E-state index contributed by atoms with van der Waals surface area (Å²) in [6.07, 6.45) is 0. The molecule has 0 aromatic heterocycles. The third kappa shape index (κ3) is 1.83. The van der Waals surface area contributed by atoms with E-state index in [-0.39, 0.29) is 16.7 Å². The predicted octanol–water partition coefficient (Wildman–Crippen LogP) is 2.58. The molecule has 0 aliphatic carbocycles. The van der Waals surface area contributed by atoms with Crippen LogP contribution in [0.2, 0.25) is 0 Å². The van der Waals surface area contributed by atoms with Gasteiger partial charge in [0, 0.05) is 0 Å². The molecule has 0 aliphatic rings. The third-order valence-corrected chi connectivity index (χ3v) is 2.44. The average molecular weight is 256 g/mol. The van der Waals surface area contributed by atoms with Crippen molar-refractivity contribution in [2.24, 2.45) is 0 Å². The van der Waals surface area contributed by atoms with Crippen LogP contribution in [0.25, 0.3) is 0 Å². The lowest BCUT2D eigenvalue weighted by molar-refractivity contribution is 0.101. The largest absolute Gasteiger partial charge is 0.293 e. The molecule has 14 heavy (non-hydrogen) atoms. The van der Waals surface area contributed by atoms with Gasteiger partial charge >= 0.3 is 0 Å². The molecule has 4 heteroatoms. The molecule has 0 amide bonds. The van der Waals surface area contributed by atoms with Crippen molar-refractivity contribution < 1.29 is 9.18 Å². The molecule has 0 saturated heterocycles. The molecule has 0 radical (unpaired) electrons. The zero-order chi connectivity index (χ0) is 10.7. The topological polar surface area (TPSA) is 40.9 Å². The lowest BCUT2D eigenvalue weighted by Crippen LogP contribution is -2.07. The van der Waals surface area contributed by atoms with Crippen LogP contribution >= 0.6 is 15.9 Å². The summed E-state index contributed by atoms with van der Waals surface area (Å²) in [5, 5.41) is 8.75. The molecular weight excluding hydrogens is 249 g/mol. The van der Waals surface area contributed by atoms with E-state index in [2.05, 4.69) is 15.9 Å². The van der Waals surface area contributed by atoms with Crippen LogP contribution in [0.3, 0.4) is 0 Å². The number of alkyl halides is 1. The van der Waals surface area contributed by atoms with E-state index in [1.165, 1.54) is 6.07 Å². The van der Waals surface area contributed by atoms with Gasteiger partial charge in [-0.15, -0.1) is 0 Å². The number of halogens is 2. The first kappa shape index (κ1) is 10.9. The van der Waals surface area contributed by atoms with Crippen LogP contribution in [-0.2, 0) is 0 Å². The van der Waals surface area contributed by atoms with E-state index < -0.39 is 5.82 Å². The molecule has 0 spiro atoms. The molecule has 0 bridgehead atoms. The standard InChI is InChI=1S/C10H7BrFNO/c1-6-7(5-13)2-3-8(12)10(6)9(14)4-11/h2-3H,4H2,1H3. The number of hydrogen-bond donors (Lipinski definition) is 0. The second-order valence-corrected chi connectivity index (χ2v) is 3.32. The van der Waals surface area contributed by atoms with E-state index in [0.29, 0.717) is 11.1 Å². The summed E-state index contributed by atoms with van der Waals surface area (Å²) in [6, 6.07) is 4.42. The Hall–Kier alpha value is -1.21. The first-order valence-electron chi connectivity index (χ1n) is 3.90. The van der Waals surface area contributed by atoms with Gasteiger partial charge < -0.3 is 0 Å². The van der Waals surface area contributed by atoms with Gasteiger partial charge in [-0.3, -0.25) is 4.79 Å². The number of benzene rings is 1. The van der Waals surface area contributed by atoms with Gasteiger partial charge in [-0.05, 0) is 24.6 Å². The molecule has 0 saturated carbocycles. The molecule has 0 aliphatic heterocycles. The molecule has 72 valence electrons. The Morgan fingerprint density at radius 1 is 1.64 bits per heavy atom. The van der Waals surface area contributed by atoms with Gasteiger partial charge in [0.2, 0.25) is 0 Å². The first-order chi connectivity index (χ1) is 6.61. The Balaban J connectivity index is 3.42. The molecule has 1 aromatic rings. The second-order valence-electron chi connectivity index (χ2n) is 2.76. The number of ketones is 1. The average Bonchev–Trinajstić information content (AvgIpc) is 2.18. The van der Waals surface area contributed by atoms with Crippen LogP contribution in [-0.4, -0.2) is 11.1 Å². The summed E-state index contributed by atoms with van der Waals surface area (Å²) in [4.78, 5) is 11.3. The number of nitriles is 1. The fourth-order valence-corrected chi connectivity index (χ4v) is 1.49. The molecular formula is C10H7BrFNO. The fraction of sp³-hybridized carbons (Fsp3) is 0.200. The number of carbonyl (C=O) groups is 1. The Labute approximate surface area is 89.5 Å². The van der Waals surface area contributed by atoms with Crippen molar-refractivity contribution in [2.75, 3.05) is 5.33 Å². The minimum Gasteiger partial charge on any atom is -0.293 e. The van der Waals surface area contributed by atoms with Crippen LogP contribution in [0.1, 0.15) is 21.5 Å². The highest BCUT2D eigenvalue weighted by molar-refractivity contribution is 9.09. The maximum Gasteiger partial charge on any atom is 0.176 e. The van der Waals surface area contributed by atoms with Gasteiger partial charge in [0.25, 0.3) is 0 Å². The van der Waals surface area contributed by atoms with Crippen LogP contribution in [0, 0.1) is 24.1 Å². The van der Waals surface area contributed by atoms with Crippen molar-refractivity contribution in [3.05, 3.63) is 34.6 Å². The van der Waals surface area contributed by atoms with Crippen LogP contribution in [0.5, 0.6) is 0 Å². The predicted molar refractivity (Wildman–Crippen MR) is 54.0 cm³/mol. The molecule has 2 nitrogen and oxygen atoms in total. The van der Waals surface area contributed by atoms with Crippen LogP contribution < -0.4 is 0 Å². The van der Waals surface area contributed by atoms with E-state index in [9.17, 15) is 9.18 Å². The second kappa shape index (κ2) is 4.34. The van der Waals surface area contributed by atoms with Gasteiger partial charge in [0.05, 0.1) is 22.5 Å². The first-order valence-corrected chi connectivity index (χ1v) is 5.02. The van der Waals surface area contributed by atoms with E-state index in [0.717, 1.165) is 6.07 Å². The zero-order valence-electron chi connectivity index (χ0n) is 7.47. The Morgan fingerprint density at radius 2 is 2.29 bits per heavy atom. The molecule has 0 heterocycles. The number of rotatable bonds is 2. The highest BCUT2D eigenvalue weighted by Gasteiger charge is 2.15. The SMILES string of the molecule is Cc1c(C#N)ccc(F)c1C(=O)CBr. The Bertz CT molecular complexity index is 423. The van der Waals surface area contributed by atoms with Crippen molar-refractivity contribution in [1.82, 2.24) is 0 Å². The van der Waals surface area contributed by atoms with Crippen LogP contribution in [0.4, 0.5) is 4.39 Å². The summed E-state index contributed by atoms with van der Waals surface area (Å²) in [5.74, 6) is -0.928. The highest BCUT2D eigenvalue weighted by atomic mass is 79.9. The Kier molecular flexibility index (Phi) is 3.37. The Morgan fingerprint density at radius 3 is 2.79 bits per heavy atom. The third-order valence-electron chi connectivity index (χ3n) is 1.93. The monoisotopic (exact) mass is 255 g/mol. The van der Waals surface area contributed by atoms with Crippen molar-refractivity contribution in [3.8, 4) is 6.07 Å². The van der Waals surface area contributed by atoms with Gasteiger partial charge in [-0.1, -0.05) is 15.9 Å². The van der Waals surface area contributed by atoms with Crippen molar-refractivity contribution in [3.63, 3.8) is 0 Å². The molecule has 1 rings (SSSR count). The van der Waals surface area contributed by atoms with E-state index in [1.54, 1.807) is 6.92 Å². The van der Waals surface area contributed by atoms with Crippen molar-refractivity contribution >= 4 is 21.7 Å². The number of carbonyl (C=O) groups excluding carboxylic acids is 1. The normalized spacial score (nSPS) is 9.57. The van der Waals surface area contributed by atoms with Gasteiger partial charge in [0.15, 0.2) is 5.78 Å².